The second kappa shape index (κ2) is 8.96. The summed E-state index contributed by atoms with van der Waals surface area (Å²) in [6.45, 7) is 1.89. The van der Waals surface area contributed by atoms with E-state index >= 15 is 0 Å². The fourth-order valence-corrected chi connectivity index (χ4v) is 4.25. The van der Waals surface area contributed by atoms with Crippen molar-refractivity contribution in [1.29, 1.82) is 0 Å². The van der Waals surface area contributed by atoms with Crippen LogP contribution in [0.25, 0.3) is 5.69 Å². The van der Waals surface area contributed by atoms with Crippen LogP contribution in [0, 0.1) is 0 Å². The maximum atomic E-state index is 12.0. The number of rotatable bonds is 7. The van der Waals surface area contributed by atoms with Gasteiger partial charge in [0.2, 0.25) is 5.95 Å². The standard InChI is InChI=1S/C23H27N7O2/c1-29-14-20(15-29)32-19-12-25-23(26-13-19)28-17-6-5-16(10-17)27-21-8-7-18(11-24-21)30-9-3-2-4-22(30)31/h2-4,7-9,11-13,16-17,20H,5-6,10,14-15H2,1H3,(H,24,27)(H,25,26,28)/t16-,17-/m0/s1. The largest absolute Gasteiger partial charge is 0.485 e. The number of likely N-dealkylation sites (tertiary alicyclic amines) is 1. The Morgan fingerprint density at radius 2 is 1.75 bits per heavy atom. The predicted octanol–water partition coefficient (Wildman–Crippen LogP) is 2.16. The summed E-state index contributed by atoms with van der Waals surface area (Å²) in [6.07, 6.45) is 10.2. The average molecular weight is 434 g/mol. The Kier molecular flexibility index (Phi) is 5.72. The van der Waals surface area contributed by atoms with Gasteiger partial charge in [-0.1, -0.05) is 6.07 Å². The van der Waals surface area contributed by atoms with Crippen LogP contribution >= 0.6 is 0 Å². The van der Waals surface area contributed by atoms with Crippen LogP contribution in [0.2, 0.25) is 0 Å². The Bertz CT molecular complexity index is 1090. The van der Waals surface area contributed by atoms with E-state index in [9.17, 15) is 4.79 Å². The van der Waals surface area contributed by atoms with Gasteiger partial charge >= 0.3 is 0 Å². The van der Waals surface area contributed by atoms with E-state index in [4.69, 9.17) is 4.74 Å². The summed E-state index contributed by atoms with van der Waals surface area (Å²) < 4.78 is 7.42. The molecule has 1 saturated heterocycles. The summed E-state index contributed by atoms with van der Waals surface area (Å²) in [5.41, 5.74) is 0.679. The third kappa shape index (κ3) is 4.72. The molecule has 2 atom stereocenters. The zero-order chi connectivity index (χ0) is 21.9. The SMILES string of the molecule is CN1CC(Oc2cnc(N[C@H]3CC[C@H](Nc4ccc(-n5ccccc5=O)cn4)C3)nc2)C1. The van der Waals surface area contributed by atoms with E-state index in [-0.39, 0.29) is 11.7 Å². The number of ether oxygens (including phenoxy) is 1. The van der Waals surface area contributed by atoms with Crippen molar-refractivity contribution in [2.75, 3.05) is 30.8 Å². The Labute approximate surface area is 186 Å². The molecule has 0 bridgehead atoms. The summed E-state index contributed by atoms with van der Waals surface area (Å²) >= 11 is 0. The lowest BCUT2D eigenvalue weighted by molar-refractivity contribution is 0.0383. The molecule has 3 aromatic heterocycles. The van der Waals surface area contributed by atoms with Crippen LogP contribution in [-0.2, 0) is 0 Å². The highest BCUT2D eigenvalue weighted by Gasteiger charge is 2.26. The van der Waals surface area contributed by atoms with E-state index in [1.807, 2.05) is 18.2 Å². The number of aromatic nitrogens is 4. The van der Waals surface area contributed by atoms with Crippen LogP contribution in [0.3, 0.4) is 0 Å². The second-order valence-electron chi connectivity index (χ2n) is 8.51. The normalized spacial score (nSPS) is 21.2. The highest BCUT2D eigenvalue weighted by molar-refractivity contribution is 5.42. The number of pyridine rings is 2. The molecular weight excluding hydrogens is 406 g/mol. The molecule has 0 unspecified atom stereocenters. The molecule has 0 amide bonds. The van der Waals surface area contributed by atoms with Crippen LogP contribution < -0.4 is 20.9 Å². The predicted molar refractivity (Wildman–Crippen MR) is 122 cm³/mol. The molecule has 2 N–H and O–H groups in total. The van der Waals surface area contributed by atoms with Gasteiger partial charge in [-0.3, -0.25) is 14.3 Å². The van der Waals surface area contributed by atoms with Crippen molar-refractivity contribution in [2.45, 2.75) is 37.5 Å². The molecule has 9 heteroatoms. The van der Waals surface area contributed by atoms with Gasteiger partial charge in [0.25, 0.3) is 5.56 Å². The quantitative estimate of drug-likeness (QED) is 0.585. The molecule has 0 aromatic carbocycles. The van der Waals surface area contributed by atoms with Crippen molar-refractivity contribution in [3.63, 3.8) is 0 Å². The average Bonchev–Trinajstić information content (AvgIpc) is 3.22. The second-order valence-corrected chi connectivity index (χ2v) is 8.51. The zero-order valence-corrected chi connectivity index (χ0v) is 18.0. The van der Waals surface area contributed by atoms with Crippen LogP contribution in [-0.4, -0.2) is 62.7 Å². The molecule has 1 saturated carbocycles. The maximum Gasteiger partial charge on any atom is 0.255 e. The first-order chi connectivity index (χ1) is 15.6. The van der Waals surface area contributed by atoms with Gasteiger partial charge in [0.15, 0.2) is 5.75 Å². The molecule has 1 aliphatic carbocycles. The van der Waals surface area contributed by atoms with E-state index in [2.05, 4.69) is 37.5 Å². The molecule has 9 nitrogen and oxygen atoms in total. The first-order valence-electron chi connectivity index (χ1n) is 11.0. The fourth-order valence-electron chi connectivity index (χ4n) is 4.25. The molecule has 4 heterocycles. The van der Waals surface area contributed by atoms with Gasteiger partial charge in [0.05, 0.1) is 24.3 Å². The maximum absolute atomic E-state index is 12.0. The summed E-state index contributed by atoms with van der Waals surface area (Å²) in [6, 6.07) is 9.54. The van der Waals surface area contributed by atoms with Crippen molar-refractivity contribution < 1.29 is 4.74 Å². The fraction of sp³-hybridized carbons (Fsp3) is 0.391. The Morgan fingerprint density at radius 3 is 2.44 bits per heavy atom. The molecule has 166 valence electrons. The smallest absolute Gasteiger partial charge is 0.255 e. The molecule has 2 fully saturated rings. The van der Waals surface area contributed by atoms with E-state index in [0.29, 0.717) is 23.8 Å². The van der Waals surface area contributed by atoms with Crippen LogP contribution in [0.1, 0.15) is 19.3 Å². The van der Waals surface area contributed by atoms with Crippen molar-refractivity contribution in [1.82, 2.24) is 24.4 Å². The molecule has 32 heavy (non-hydrogen) atoms. The van der Waals surface area contributed by atoms with Crippen molar-refractivity contribution in [2.24, 2.45) is 0 Å². The first-order valence-corrected chi connectivity index (χ1v) is 11.0. The van der Waals surface area contributed by atoms with E-state index in [1.54, 1.807) is 35.4 Å². The lowest BCUT2D eigenvalue weighted by atomic mass is 10.2. The lowest BCUT2D eigenvalue weighted by Crippen LogP contribution is -2.51. The van der Waals surface area contributed by atoms with Crippen molar-refractivity contribution in [3.05, 3.63) is 65.5 Å². The lowest BCUT2D eigenvalue weighted by Gasteiger charge is -2.35. The minimum absolute atomic E-state index is 0.0721. The highest BCUT2D eigenvalue weighted by Crippen LogP contribution is 2.25. The van der Waals surface area contributed by atoms with Crippen LogP contribution in [0.15, 0.2) is 59.9 Å². The Morgan fingerprint density at radius 1 is 0.969 bits per heavy atom. The third-order valence-electron chi connectivity index (χ3n) is 5.93. The van der Waals surface area contributed by atoms with E-state index < -0.39 is 0 Å². The molecule has 3 aromatic rings. The molecule has 2 aliphatic rings. The van der Waals surface area contributed by atoms with Crippen molar-refractivity contribution >= 4 is 11.8 Å². The molecule has 1 aliphatic heterocycles. The minimum Gasteiger partial charge on any atom is -0.485 e. The summed E-state index contributed by atoms with van der Waals surface area (Å²) in [7, 11) is 2.07. The Hall–Kier alpha value is -3.46. The zero-order valence-electron chi connectivity index (χ0n) is 18.0. The number of hydrogen-bond donors (Lipinski definition) is 2. The van der Waals surface area contributed by atoms with Gasteiger partial charge in [-0.05, 0) is 44.5 Å². The topological polar surface area (TPSA) is 97.2 Å². The monoisotopic (exact) mass is 433 g/mol. The van der Waals surface area contributed by atoms with E-state index in [1.165, 1.54) is 6.07 Å². The molecule has 0 radical (unpaired) electrons. The molecule has 0 spiro atoms. The number of likely N-dealkylation sites (N-methyl/N-ethyl adjacent to an activating group) is 1. The van der Waals surface area contributed by atoms with E-state index in [0.717, 1.165) is 43.9 Å². The van der Waals surface area contributed by atoms with Crippen molar-refractivity contribution in [3.8, 4) is 11.4 Å². The number of hydrogen-bond acceptors (Lipinski definition) is 8. The van der Waals surface area contributed by atoms with Gasteiger partial charge in [-0.2, -0.15) is 0 Å². The van der Waals surface area contributed by atoms with Gasteiger partial charge in [0.1, 0.15) is 11.9 Å². The van der Waals surface area contributed by atoms with Gasteiger partial charge in [-0.25, -0.2) is 15.0 Å². The minimum atomic E-state index is -0.0721. The molecular formula is C23H27N7O2. The third-order valence-corrected chi connectivity index (χ3v) is 5.93. The number of nitrogens with zero attached hydrogens (tertiary/aromatic N) is 5. The highest BCUT2D eigenvalue weighted by atomic mass is 16.5. The summed E-state index contributed by atoms with van der Waals surface area (Å²) in [4.78, 5) is 27.5. The van der Waals surface area contributed by atoms with Gasteiger partial charge < -0.3 is 15.4 Å². The summed E-state index contributed by atoms with van der Waals surface area (Å²) in [5.74, 6) is 2.15. The number of nitrogens with one attached hydrogen (secondary N) is 2. The number of anilines is 2. The summed E-state index contributed by atoms with van der Waals surface area (Å²) in [5, 5.41) is 6.92. The van der Waals surface area contributed by atoms with Gasteiger partial charge in [0, 0.05) is 37.4 Å². The Balaban J connectivity index is 1.12. The van der Waals surface area contributed by atoms with Crippen LogP contribution in [0.4, 0.5) is 11.8 Å². The van der Waals surface area contributed by atoms with Gasteiger partial charge in [-0.15, -0.1) is 0 Å². The molecule has 5 rings (SSSR count). The van der Waals surface area contributed by atoms with Crippen LogP contribution in [0.5, 0.6) is 5.75 Å². The first kappa shape index (κ1) is 20.4.